The van der Waals surface area contributed by atoms with Crippen LogP contribution in [0.1, 0.15) is 13.3 Å². The Balaban J connectivity index is 4.18. The summed E-state index contributed by atoms with van der Waals surface area (Å²) in [4.78, 5) is 21.6. The Kier molecular flexibility index (Phi) is 5.96. The molecule has 8 heteroatoms. The third-order valence-electron chi connectivity index (χ3n) is 1.42. The highest BCUT2D eigenvalue weighted by molar-refractivity contribution is 7.64. The Morgan fingerprint density at radius 3 is 2.40 bits per heavy atom. The van der Waals surface area contributed by atoms with E-state index in [9.17, 15) is 18.9 Å². The van der Waals surface area contributed by atoms with Crippen LogP contribution in [0, 0.1) is 0 Å². The van der Waals surface area contributed by atoms with Gasteiger partial charge in [-0.1, -0.05) is 11.6 Å². The van der Waals surface area contributed by atoms with E-state index in [0.29, 0.717) is 12.2 Å². The second kappa shape index (κ2) is 5.94. The minimum Gasteiger partial charge on any atom is -0.778 e. The van der Waals surface area contributed by atoms with Crippen molar-refractivity contribution in [2.75, 3.05) is 19.4 Å². The van der Waals surface area contributed by atoms with Gasteiger partial charge >= 0.3 is 0 Å². The summed E-state index contributed by atoms with van der Waals surface area (Å²) in [6, 6.07) is 0. The van der Waals surface area contributed by atoms with Gasteiger partial charge in [0.2, 0.25) is 0 Å². The fourth-order valence-electron chi connectivity index (χ4n) is 0.800. The molecule has 0 aliphatic carbocycles. The quantitative estimate of drug-likeness (QED) is 0.531. The van der Waals surface area contributed by atoms with E-state index in [0.717, 1.165) is 0 Å². The number of aliphatic hydroxyl groups is 1. The first-order valence-corrected chi connectivity index (χ1v) is 7.94. The standard InChI is InChI=1S/C7H16O6P2/c1-7(6-8)4-3-5-15(11,12)13-14(2,9)10/h4,8H,3,5-6H2,1-2H3,(H,9,10)(H,11,12)/p-2/b7-4+. The van der Waals surface area contributed by atoms with Crippen molar-refractivity contribution in [3.05, 3.63) is 11.6 Å². The minimum absolute atomic E-state index is 0.118. The summed E-state index contributed by atoms with van der Waals surface area (Å²) in [5, 5.41) is 8.61. The molecule has 90 valence electrons. The summed E-state index contributed by atoms with van der Waals surface area (Å²) in [5.41, 5.74) is 0.622. The summed E-state index contributed by atoms with van der Waals surface area (Å²) in [5.74, 6) is 0. The van der Waals surface area contributed by atoms with Crippen LogP contribution in [0.15, 0.2) is 11.6 Å². The predicted molar refractivity (Wildman–Crippen MR) is 52.5 cm³/mol. The van der Waals surface area contributed by atoms with Gasteiger partial charge in [0, 0.05) is 12.8 Å². The molecular formula is C7H14O6P2-2. The predicted octanol–water partition coefficient (Wildman–Crippen LogP) is 0.0683. The van der Waals surface area contributed by atoms with Crippen LogP contribution >= 0.6 is 15.2 Å². The van der Waals surface area contributed by atoms with E-state index in [1.807, 2.05) is 0 Å². The van der Waals surface area contributed by atoms with E-state index in [-0.39, 0.29) is 13.0 Å². The van der Waals surface area contributed by atoms with E-state index < -0.39 is 21.4 Å². The Labute approximate surface area is 88.7 Å². The van der Waals surface area contributed by atoms with Crippen molar-refractivity contribution in [2.45, 2.75) is 13.3 Å². The lowest BCUT2D eigenvalue weighted by Gasteiger charge is -2.29. The van der Waals surface area contributed by atoms with Crippen molar-refractivity contribution in [3.63, 3.8) is 0 Å². The first-order chi connectivity index (χ1) is 6.66. The molecule has 0 saturated carbocycles. The Hall–Kier alpha value is 0.0400. The number of hydrogen-bond acceptors (Lipinski definition) is 6. The number of rotatable bonds is 6. The summed E-state index contributed by atoms with van der Waals surface area (Å²) in [6.07, 6.45) is 1.23. The third-order valence-corrected chi connectivity index (χ3v) is 4.41. The van der Waals surface area contributed by atoms with E-state index in [2.05, 4.69) is 4.31 Å². The largest absolute Gasteiger partial charge is 0.778 e. The molecule has 1 N–H and O–H groups in total. The topological polar surface area (TPSA) is 110 Å². The van der Waals surface area contributed by atoms with Crippen molar-refractivity contribution in [1.82, 2.24) is 0 Å². The van der Waals surface area contributed by atoms with Crippen molar-refractivity contribution in [3.8, 4) is 0 Å². The van der Waals surface area contributed by atoms with Gasteiger partial charge in [-0.2, -0.15) is 0 Å². The van der Waals surface area contributed by atoms with Crippen LogP contribution in [0.5, 0.6) is 0 Å². The van der Waals surface area contributed by atoms with Gasteiger partial charge < -0.3 is 24.0 Å². The van der Waals surface area contributed by atoms with Crippen molar-refractivity contribution in [2.24, 2.45) is 0 Å². The molecule has 2 unspecified atom stereocenters. The molecule has 0 saturated heterocycles. The number of hydrogen-bond donors (Lipinski definition) is 1. The maximum Gasteiger partial charge on any atom is 0.141 e. The second-order valence-corrected chi connectivity index (χ2v) is 7.05. The summed E-state index contributed by atoms with van der Waals surface area (Å²) < 4.78 is 25.6. The van der Waals surface area contributed by atoms with Gasteiger partial charge in [-0.3, -0.25) is 4.31 Å². The first-order valence-electron chi connectivity index (χ1n) is 4.23. The molecule has 6 nitrogen and oxygen atoms in total. The molecule has 0 aromatic carbocycles. The summed E-state index contributed by atoms with van der Waals surface area (Å²) in [6.45, 7) is 2.18. The molecule has 0 aliphatic heterocycles. The molecule has 0 aliphatic rings. The zero-order valence-electron chi connectivity index (χ0n) is 8.58. The Bertz CT molecular complexity index is 317. The highest BCUT2D eigenvalue weighted by atomic mass is 31.3. The molecule has 0 aromatic heterocycles. The number of aliphatic hydroxyl groups excluding tert-OH is 1. The molecular weight excluding hydrogens is 242 g/mol. The lowest BCUT2D eigenvalue weighted by molar-refractivity contribution is -0.212. The summed E-state index contributed by atoms with van der Waals surface area (Å²) >= 11 is 0. The second-order valence-electron chi connectivity index (χ2n) is 3.18. The molecule has 0 heterocycles. The molecule has 0 fully saturated rings. The van der Waals surface area contributed by atoms with E-state index >= 15 is 0 Å². The maximum absolute atomic E-state index is 11.1. The van der Waals surface area contributed by atoms with Gasteiger partial charge in [0.05, 0.1) is 6.61 Å². The SMILES string of the molecule is C/C(=C\CCP(=O)([O-])OP(C)(=O)[O-])CO. The molecule has 2 atom stereocenters. The van der Waals surface area contributed by atoms with Crippen LogP contribution in [0.3, 0.4) is 0 Å². The first kappa shape index (κ1) is 15.0. The Morgan fingerprint density at radius 2 is 2.00 bits per heavy atom. The van der Waals surface area contributed by atoms with Crippen LogP contribution in [0.25, 0.3) is 0 Å². The number of allylic oxidation sites excluding steroid dienone is 1. The van der Waals surface area contributed by atoms with Crippen molar-refractivity contribution < 1.29 is 28.3 Å². The molecule has 15 heavy (non-hydrogen) atoms. The zero-order chi connectivity index (χ0) is 12.1. The maximum atomic E-state index is 11.1. The van der Waals surface area contributed by atoms with Gasteiger partial charge in [-0.15, -0.1) is 0 Å². The summed E-state index contributed by atoms with van der Waals surface area (Å²) in [7, 11) is -8.59. The molecule has 0 bridgehead atoms. The molecule has 0 amide bonds. The van der Waals surface area contributed by atoms with Crippen LogP contribution in [-0.4, -0.2) is 24.5 Å². The fourth-order valence-corrected chi connectivity index (χ4v) is 3.38. The monoisotopic (exact) mass is 256 g/mol. The third kappa shape index (κ3) is 9.00. The van der Waals surface area contributed by atoms with E-state index in [4.69, 9.17) is 5.11 Å². The van der Waals surface area contributed by atoms with E-state index in [1.165, 1.54) is 6.08 Å². The fraction of sp³-hybridized carbons (Fsp3) is 0.714. The molecule has 0 aromatic rings. The average molecular weight is 256 g/mol. The van der Waals surface area contributed by atoms with Gasteiger partial charge in [0.1, 0.15) is 15.2 Å². The highest BCUT2D eigenvalue weighted by Gasteiger charge is 2.12. The van der Waals surface area contributed by atoms with Crippen LogP contribution in [-0.2, 0) is 13.4 Å². The van der Waals surface area contributed by atoms with Crippen LogP contribution in [0.4, 0.5) is 0 Å². The van der Waals surface area contributed by atoms with Crippen molar-refractivity contribution in [1.29, 1.82) is 0 Å². The van der Waals surface area contributed by atoms with Gasteiger partial charge in [-0.25, -0.2) is 0 Å². The Morgan fingerprint density at radius 1 is 1.47 bits per heavy atom. The molecule has 0 spiro atoms. The van der Waals surface area contributed by atoms with Crippen molar-refractivity contribution >= 4 is 15.2 Å². The lowest BCUT2D eigenvalue weighted by Crippen LogP contribution is -2.11. The lowest BCUT2D eigenvalue weighted by atomic mass is 10.3. The molecule has 0 rings (SSSR count). The molecule has 0 radical (unpaired) electrons. The zero-order valence-corrected chi connectivity index (χ0v) is 10.4. The van der Waals surface area contributed by atoms with Crippen LogP contribution < -0.4 is 9.79 Å². The highest BCUT2D eigenvalue weighted by Crippen LogP contribution is 2.52. The van der Waals surface area contributed by atoms with Gasteiger partial charge in [0.25, 0.3) is 0 Å². The normalized spacial score (nSPS) is 20.7. The van der Waals surface area contributed by atoms with E-state index in [1.54, 1.807) is 6.92 Å². The van der Waals surface area contributed by atoms with Crippen LogP contribution in [0.2, 0.25) is 0 Å². The van der Waals surface area contributed by atoms with Gasteiger partial charge in [-0.05, 0) is 13.3 Å². The van der Waals surface area contributed by atoms with Gasteiger partial charge in [0.15, 0.2) is 0 Å². The average Bonchev–Trinajstić information content (AvgIpc) is 1.98. The smallest absolute Gasteiger partial charge is 0.141 e. The minimum atomic E-state index is -4.33.